The van der Waals surface area contributed by atoms with Crippen molar-refractivity contribution in [2.45, 2.75) is 51.9 Å². The molecule has 44 heavy (non-hydrogen) atoms. The number of carbonyl (C=O) groups excluding carboxylic acids is 2. The van der Waals surface area contributed by atoms with E-state index in [-0.39, 0.29) is 34.1 Å². The number of carboxylic acids is 1. The quantitative estimate of drug-likeness (QED) is 0.463. The lowest BCUT2D eigenvalue weighted by molar-refractivity contribution is -0.145. The molecule has 7 heteroatoms. The zero-order valence-electron chi connectivity index (χ0n) is 26.5. The Kier molecular flexibility index (Phi) is 7.81. The molecular formula is C37H45N3O4. The maximum atomic E-state index is 14.7. The van der Waals surface area contributed by atoms with E-state index in [0.29, 0.717) is 39.0 Å². The number of aromatic carboxylic acids is 1. The average Bonchev–Trinajstić information content (AvgIpc) is 3.46. The summed E-state index contributed by atoms with van der Waals surface area (Å²) in [5.74, 6) is -0.447. The number of amides is 2. The first-order chi connectivity index (χ1) is 20.9. The lowest BCUT2D eigenvalue weighted by atomic mass is 9.58. The highest BCUT2D eigenvalue weighted by molar-refractivity contribution is 5.90. The molecule has 2 fully saturated rings. The molecule has 6 rings (SSSR count). The maximum absolute atomic E-state index is 14.7. The third-order valence-corrected chi connectivity index (χ3v) is 10.9. The molecule has 232 valence electrons. The van der Waals surface area contributed by atoms with Crippen LogP contribution in [0.3, 0.4) is 0 Å². The highest BCUT2D eigenvalue weighted by Gasteiger charge is 2.51. The molecule has 1 aliphatic carbocycles. The Morgan fingerprint density at radius 1 is 0.864 bits per heavy atom. The van der Waals surface area contributed by atoms with Crippen molar-refractivity contribution in [3.63, 3.8) is 0 Å². The minimum absolute atomic E-state index is 0.0632. The average molecular weight is 596 g/mol. The molecule has 3 aliphatic heterocycles. The number of likely N-dealkylation sites (tertiary alicyclic amines) is 2. The zero-order chi connectivity index (χ0) is 31.3. The topological polar surface area (TPSA) is 81.2 Å². The Balaban J connectivity index is 1.24. The SMILES string of the molecule is CN1CCC(C(=O)N2CCC(C(=O)N3CC=C4C(C)(C)C(c5ccc(C(=O)O)cc5)=CC[C@]4(C)C3)(c3ccccc3)CC2)C1. The van der Waals surface area contributed by atoms with Crippen molar-refractivity contribution < 1.29 is 19.5 Å². The van der Waals surface area contributed by atoms with Crippen LogP contribution in [-0.4, -0.2) is 83.9 Å². The Morgan fingerprint density at radius 3 is 2.16 bits per heavy atom. The highest BCUT2D eigenvalue weighted by Crippen LogP contribution is 2.55. The van der Waals surface area contributed by atoms with Crippen LogP contribution in [0.25, 0.3) is 5.57 Å². The summed E-state index contributed by atoms with van der Waals surface area (Å²) >= 11 is 0. The summed E-state index contributed by atoms with van der Waals surface area (Å²) < 4.78 is 0. The summed E-state index contributed by atoms with van der Waals surface area (Å²) in [6.07, 6.45) is 7.55. The number of carboxylic acid groups (broad SMARTS) is 1. The molecule has 3 heterocycles. The molecular weight excluding hydrogens is 550 g/mol. The van der Waals surface area contributed by atoms with E-state index in [0.717, 1.165) is 37.1 Å². The summed E-state index contributed by atoms with van der Waals surface area (Å²) in [6.45, 7) is 10.9. The minimum Gasteiger partial charge on any atom is -0.478 e. The van der Waals surface area contributed by atoms with Crippen LogP contribution in [0.4, 0.5) is 0 Å². The molecule has 1 N–H and O–H groups in total. The van der Waals surface area contributed by atoms with Gasteiger partial charge >= 0.3 is 5.97 Å². The van der Waals surface area contributed by atoms with Gasteiger partial charge in [0, 0.05) is 43.6 Å². The van der Waals surface area contributed by atoms with Crippen LogP contribution in [-0.2, 0) is 15.0 Å². The van der Waals surface area contributed by atoms with Crippen LogP contribution in [0.2, 0.25) is 0 Å². The molecule has 2 amide bonds. The Morgan fingerprint density at radius 2 is 1.55 bits per heavy atom. The van der Waals surface area contributed by atoms with Crippen LogP contribution < -0.4 is 0 Å². The Labute approximate surface area is 261 Å². The maximum Gasteiger partial charge on any atom is 0.335 e. The molecule has 2 saturated heterocycles. The lowest BCUT2D eigenvalue weighted by Gasteiger charge is -2.52. The van der Waals surface area contributed by atoms with Gasteiger partial charge in [-0.1, -0.05) is 81.0 Å². The number of hydrogen-bond acceptors (Lipinski definition) is 4. The first-order valence-electron chi connectivity index (χ1n) is 16.0. The van der Waals surface area contributed by atoms with E-state index in [1.54, 1.807) is 12.1 Å². The van der Waals surface area contributed by atoms with E-state index in [9.17, 15) is 19.5 Å². The van der Waals surface area contributed by atoms with E-state index in [1.807, 2.05) is 35.2 Å². The van der Waals surface area contributed by atoms with Gasteiger partial charge in [0.2, 0.25) is 11.8 Å². The van der Waals surface area contributed by atoms with Crippen molar-refractivity contribution in [3.05, 3.63) is 89.0 Å². The van der Waals surface area contributed by atoms with Gasteiger partial charge in [0.15, 0.2) is 0 Å². The van der Waals surface area contributed by atoms with E-state index >= 15 is 0 Å². The Bertz CT molecular complexity index is 1500. The molecule has 7 nitrogen and oxygen atoms in total. The standard InChI is InChI=1S/C37H45N3O4/c1-35(2)30(26-10-12-27(13-11-26)33(42)43)14-17-36(3)25-40(21-16-31(35)36)34(44)37(29-8-6-5-7-9-29)18-22-39(23-19-37)32(41)28-15-20-38(4)24-28/h5-14,16,28H,15,17-25H2,1-4H3,(H,42,43)/t28?,36-/m1/s1. The number of nitrogens with zero attached hydrogens (tertiary/aromatic N) is 3. The van der Waals surface area contributed by atoms with Gasteiger partial charge < -0.3 is 19.8 Å². The summed E-state index contributed by atoms with van der Waals surface area (Å²) in [6, 6.07) is 17.4. The predicted octanol–water partition coefficient (Wildman–Crippen LogP) is 5.49. The first kappa shape index (κ1) is 30.3. The fourth-order valence-electron chi connectivity index (χ4n) is 8.55. The fraction of sp³-hybridized carbons (Fsp3) is 0.486. The fourth-order valence-corrected chi connectivity index (χ4v) is 8.55. The monoisotopic (exact) mass is 595 g/mol. The number of rotatable bonds is 5. The van der Waals surface area contributed by atoms with Crippen molar-refractivity contribution in [2.24, 2.45) is 16.7 Å². The van der Waals surface area contributed by atoms with Crippen molar-refractivity contribution in [1.82, 2.24) is 14.7 Å². The molecule has 0 radical (unpaired) electrons. The normalized spacial score (nSPS) is 26.4. The summed E-state index contributed by atoms with van der Waals surface area (Å²) in [5.41, 5.74) is 3.79. The third-order valence-electron chi connectivity index (χ3n) is 10.9. The van der Waals surface area contributed by atoms with Crippen LogP contribution in [0, 0.1) is 16.7 Å². The van der Waals surface area contributed by atoms with Gasteiger partial charge in [-0.15, -0.1) is 0 Å². The summed E-state index contributed by atoms with van der Waals surface area (Å²) in [4.78, 5) is 45.8. The number of piperidine rings is 1. The second-order valence-electron chi connectivity index (χ2n) is 14.2. The molecule has 2 aromatic rings. The molecule has 0 bridgehead atoms. The lowest BCUT2D eigenvalue weighted by Crippen LogP contribution is -2.57. The number of carbonyl (C=O) groups is 3. The minimum atomic E-state index is -0.923. The van der Waals surface area contributed by atoms with Crippen molar-refractivity contribution in [1.29, 1.82) is 0 Å². The van der Waals surface area contributed by atoms with Gasteiger partial charge in [-0.25, -0.2) is 4.79 Å². The largest absolute Gasteiger partial charge is 0.478 e. The van der Waals surface area contributed by atoms with E-state index < -0.39 is 11.4 Å². The summed E-state index contributed by atoms with van der Waals surface area (Å²) in [5, 5.41) is 9.35. The number of fused-ring (bicyclic) bond motifs is 1. The van der Waals surface area contributed by atoms with Gasteiger partial charge in [0.1, 0.15) is 0 Å². The van der Waals surface area contributed by atoms with E-state index in [4.69, 9.17) is 0 Å². The zero-order valence-corrected chi connectivity index (χ0v) is 26.5. The summed E-state index contributed by atoms with van der Waals surface area (Å²) in [7, 11) is 2.07. The molecule has 1 unspecified atom stereocenters. The molecule has 0 saturated carbocycles. The van der Waals surface area contributed by atoms with E-state index in [1.165, 1.54) is 11.1 Å². The second kappa shape index (κ2) is 11.3. The van der Waals surface area contributed by atoms with Gasteiger partial charge in [-0.3, -0.25) is 9.59 Å². The number of allylic oxidation sites excluding steroid dienone is 2. The van der Waals surface area contributed by atoms with Gasteiger partial charge in [0.05, 0.1) is 16.9 Å². The smallest absolute Gasteiger partial charge is 0.335 e. The predicted molar refractivity (Wildman–Crippen MR) is 172 cm³/mol. The number of benzene rings is 2. The van der Waals surface area contributed by atoms with Crippen LogP contribution >= 0.6 is 0 Å². The molecule has 2 aromatic carbocycles. The van der Waals surface area contributed by atoms with Crippen molar-refractivity contribution in [3.8, 4) is 0 Å². The Hall–Kier alpha value is -3.71. The molecule has 2 atom stereocenters. The van der Waals surface area contributed by atoms with Crippen LogP contribution in [0.15, 0.2) is 72.3 Å². The first-order valence-corrected chi connectivity index (χ1v) is 16.0. The van der Waals surface area contributed by atoms with Crippen LogP contribution in [0.1, 0.15) is 67.9 Å². The molecule has 0 aromatic heterocycles. The molecule has 4 aliphatic rings. The third kappa shape index (κ3) is 5.19. The van der Waals surface area contributed by atoms with Gasteiger partial charge in [-0.2, -0.15) is 0 Å². The van der Waals surface area contributed by atoms with Gasteiger partial charge in [-0.05, 0) is 68.1 Å². The second-order valence-corrected chi connectivity index (χ2v) is 14.2. The van der Waals surface area contributed by atoms with E-state index in [2.05, 4.69) is 61.9 Å². The van der Waals surface area contributed by atoms with Crippen molar-refractivity contribution in [2.75, 3.05) is 46.3 Å². The van der Waals surface area contributed by atoms with Gasteiger partial charge in [0.25, 0.3) is 0 Å². The number of hydrogen-bond donors (Lipinski definition) is 1. The molecule has 0 spiro atoms. The highest BCUT2D eigenvalue weighted by atomic mass is 16.4. The van der Waals surface area contributed by atoms with Crippen molar-refractivity contribution >= 4 is 23.4 Å². The van der Waals surface area contributed by atoms with Crippen LogP contribution in [0.5, 0.6) is 0 Å².